The first-order valence-electron chi connectivity index (χ1n) is 9.28. The predicted octanol–water partition coefficient (Wildman–Crippen LogP) is 1.78. The molecule has 0 unspecified atom stereocenters. The average molecular weight is 366 g/mol. The van der Waals surface area contributed by atoms with Crippen LogP contribution in [-0.2, 0) is 19.5 Å². The Morgan fingerprint density at radius 3 is 2.89 bits per heavy atom. The van der Waals surface area contributed by atoms with E-state index in [1.807, 2.05) is 29.1 Å². The minimum atomic E-state index is 0.595. The van der Waals surface area contributed by atoms with Crippen molar-refractivity contribution in [1.29, 1.82) is 0 Å². The lowest BCUT2D eigenvalue weighted by Gasteiger charge is -2.12. The van der Waals surface area contributed by atoms with Crippen LogP contribution in [0.3, 0.4) is 0 Å². The van der Waals surface area contributed by atoms with E-state index < -0.39 is 0 Å². The predicted molar refractivity (Wildman–Crippen MR) is 106 cm³/mol. The molecule has 3 rings (SSSR count). The molecule has 0 spiro atoms. The SMILES string of the molecule is CCNC(=NCc1cccc(-n2cccn2)c1)NCCn1cnnc1CC. The number of nitrogens with one attached hydrogen (secondary N) is 2. The molecule has 2 N–H and O–H groups in total. The van der Waals surface area contributed by atoms with E-state index in [-0.39, 0.29) is 0 Å². The molecule has 142 valence electrons. The number of aromatic nitrogens is 5. The standard InChI is InChI=1S/C19H26N8/c1-3-18-25-23-15-26(18)12-10-21-19(20-4-2)22-14-16-7-5-8-17(13-16)27-11-6-9-24-27/h5-9,11,13,15H,3-4,10,12,14H2,1-2H3,(H2,20,21,22). The normalized spacial score (nSPS) is 11.6. The maximum Gasteiger partial charge on any atom is 0.191 e. The molecule has 0 aliphatic rings. The lowest BCUT2D eigenvalue weighted by Crippen LogP contribution is -2.38. The highest BCUT2D eigenvalue weighted by Gasteiger charge is 2.03. The summed E-state index contributed by atoms with van der Waals surface area (Å²) in [5.74, 6) is 1.79. The van der Waals surface area contributed by atoms with Gasteiger partial charge >= 0.3 is 0 Å². The number of aryl methyl sites for hydroxylation is 1. The molecular formula is C19H26N8. The Morgan fingerprint density at radius 2 is 2.11 bits per heavy atom. The highest BCUT2D eigenvalue weighted by molar-refractivity contribution is 5.79. The van der Waals surface area contributed by atoms with E-state index in [2.05, 4.69) is 56.5 Å². The van der Waals surface area contributed by atoms with Crippen molar-refractivity contribution in [3.8, 4) is 5.69 Å². The van der Waals surface area contributed by atoms with Crippen LogP contribution in [0, 0.1) is 0 Å². The van der Waals surface area contributed by atoms with Crippen molar-refractivity contribution in [3.63, 3.8) is 0 Å². The molecule has 8 nitrogen and oxygen atoms in total. The quantitative estimate of drug-likeness (QED) is 0.469. The van der Waals surface area contributed by atoms with Crippen LogP contribution in [0.25, 0.3) is 5.69 Å². The Kier molecular flexibility index (Phi) is 6.56. The summed E-state index contributed by atoms with van der Waals surface area (Å²) in [5.41, 5.74) is 2.16. The topological polar surface area (TPSA) is 85.0 Å². The molecule has 0 radical (unpaired) electrons. The van der Waals surface area contributed by atoms with E-state index in [9.17, 15) is 0 Å². The fraction of sp³-hybridized carbons (Fsp3) is 0.368. The van der Waals surface area contributed by atoms with E-state index in [1.54, 1.807) is 12.5 Å². The molecular weight excluding hydrogens is 340 g/mol. The smallest absolute Gasteiger partial charge is 0.191 e. The van der Waals surface area contributed by atoms with Crippen LogP contribution in [0.5, 0.6) is 0 Å². The molecule has 0 aliphatic heterocycles. The third kappa shape index (κ3) is 5.16. The summed E-state index contributed by atoms with van der Waals surface area (Å²) in [4.78, 5) is 4.69. The first-order chi connectivity index (χ1) is 13.3. The van der Waals surface area contributed by atoms with Crippen LogP contribution < -0.4 is 10.6 Å². The van der Waals surface area contributed by atoms with E-state index in [1.165, 1.54) is 0 Å². The van der Waals surface area contributed by atoms with Crippen LogP contribution in [0.4, 0.5) is 0 Å². The molecule has 0 aliphatic carbocycles. The fourth-order valence-corrected chi connectivity index (χ4v) is 2.77. The third-order valence-corrected chi connectivity index (χ3v) is 4.10. The number of guanidine groups is 1. The van der Waals surface area contributed by atoms with Crippen molar-refractivity contribution in [3.05, 3.63) is 60.4 Å². The van der Waals surface area contributed by atoms with Gasteiger partial charge < -0.3 is 15.2 Å². The second-order valence-corrected chi connectivity index (χ2v) is 6.04. The summed E-state index contributed by atoms with van der Waals surface area (Å²) in [6.45, 7) is 7.10. The van der Waals surface area contributed by atoms with Crippen molar-refractivity contribution in [1.82, 2.24) is 35.2 Å². The van der Waals surface area contributed by atoms with Gasteiger partial charge in [0.05, 0.1) is 12.2 Å². The third-order valence-electron chi connectivity index (χ3n) is 4.10. The first kappa shape index (κ1) is 18.6. The summed E-state index contributed by atoms with van der Waals surface area (Å²) >= 11 is 0. The van der Waals surface area contributed by atoms with E-state index >= 15 is 0 Å². The molecule has 27 heavy (non-hydrogen) atoms. The number of rotatable bonds is 8. The van der Waals surface area contributed by atoms with Gasteiger partial charge in [0.2, 0.25) is 0 Å². The van der Waals surface area contributed by atoms with Crippen LogP contribution in [-0.4, -0.2) is 43.6 Å². The minimum absolute atomic E-state index is 0.595. The highest BCUT2D eigenvalue weighted by atomic mass is 15.3. The Hall–Kier alpha value is -3.16. The zero-order valence-corrected chi connectivity index (χ0v) is 15.8. The van der Waals surface area contributed by atoms with Crippen LogP contribution in [0.1, 0.15) is 25.2 Å². The zero-order chi connectivity index (χ0) is 18.9. The van der Waals surface area contributed by atoms with Gasteiger partial charge in [0, 0.05) is 38.4 Å². The minimum Gasteiger partial charge on any atom is -0.357 e. The molecule has 0 fully saturated rings. The van der Waals surface area contributed by atoms with Crippen LogP contribution in [0.2, 0.25) is 0 Å². The van der Waals surface area contributed by atoms with Gasteiger partial charge in [-0.25, -0.2) is 9.67 Å². The van der Waals surface area contributed by atoms with Gasteiger partial charge in [0.1, 0.15) is 12.2 Å². The monoisotopic (exact) mass is 366 g/mol. The fourth-order valence-electron chi connectivity index (χ4n) is 2.77. The molecule has 2 aromatic heterocycles. The van der Waals surface area contributed by atoms with Gasteiger partial charge in [0.15, 0.2) is 5.96 Å². The van der Waals surface area contributed by atoms with Crippen molar-refractivity contribution in [2.24, 2.45) is 4.99 Å². The van der Waals surface area contributed by atoms with Gasteiger partial charge in [-0.15, -0.1) is 10.2 Å². The second kappa shape index (κ2) is 9.51. The Balaban J connectivity index is 1.59. The molecule has 3 aromatic rings. The maximum atomic E-state index is 4.69. The van der Waals surface area contributed by atoms with E-state index in [4.69, 9.17) is 4.99 Å². The van der Waals surface area contributed by atoms with Gasteiger partial charge in [-0.2, -0.15) is 5.10 Å². The highest BCUT2D eigenvalue weighted by Crippen LogP contribution is 2.10. The molecule has 0 saturated heterocycles. The van der Waals surface area contributed by atoms with Gasteiger partial charge in [-0.05, 0) is 30.7 Å². The van der Waals surface area contributed by atoms with Crippen molar-refractivity contribution in [2.75, 3.05) is 13.1 Å². The van der Waals surface area contributed by atoms with E-state index in [0.717, 1.165) is 49.1 Å². The summed E-state index contributed by atoms with van der Waals surface area (Å²) in [6.07, 6.45) is 6.35. The number of nitrogens with zero attached hydrogens (tertiary/aromatic N) is 6. The lowest BCUT2D eigenvalue weighted by molar-refractivity contribution is 0.632. The van der Waals surface area contributed by atoms with E-state index in [0.29, 0.717) is 6.54 Å². The van der Waals surface area contributed by atoms with Gasteiger partial charge in [0.25, 0.3) is 0 Å². The molecule has 0 atom stereocenters. The number of hydrogen-bond donors (Lipinski definition) is 2. The van der Waals surface area contributed by atoms with Crippen molar-refractivity contribution < 1.29 is 0 Å². The summed E-state index contributed by atoms with van der Waals surface area (Å²) < 4.78 is 3.91. The molecule has 0 saturated carbocycles. The number of benzene rings is 1. The second-order valence-electron chi connectivity index (χ2n) is 6.04. The molecule has 2 heterocycles. The molecule has 1 aromatic carbocycles. The molecule has 0 amide bonds. The van der Waals surface area contributed by atoms with Crippen molar-refractivity contribution >= 4 is 5.96 Å². The van der Waals surface area contributed by atoms with Crippen LogP contribution >= 0.6 is 0 Å². The largest absolute Gasteiger partial charge is 0.357 e. The van der Waals surface area contributed by atoms with Crippen LogP contribution in [0.15, 0.2) is 54.0 Å². The van der Waals surface area contributed by atoms with Gasteiger partial charge in [-0.1, -0.05) is 19.1 Å². The number of hydrogen-bond acceptors (Lipinski definition) is 4. The Bertz CT molecular complexity index is 850. The average Bonchev–Trinajstić information content (AvgIpc) is 3.38. The Labute approximate surface area is 159 Å². The maximum absolute atomic E-state index is 4.69. The Morgan fingerprint density at radius 1 is 1.19 bits per heavy atom. The lowest BCUT2D eigenvalue weighted by atomic mass is 10.2. The summed E-state index contributed by atoms with van der Waals surface area (Å²) in [5, 5.41) is 19.0. The van der Waals surface area contributed by atoms with Gasteiger partial charge in [-0.3, -0.25) is 0 Å². The number of aliphatic imine (C=N–C) groups is 1. The summed E-state index contributed by atoms with van der Waals surface area (Å²) in [6, 6.07) is 10.2. The molecule has 0 bridgehead atoms. The first-order valence-corrected chi connectivity index (χ1v) is 9.28. The summed E-state index contributed by atoms with van der Waals surface area (Å²) in [7, 11) is 0. The molecule has 8 heteroatoms. The zero-order valence-electron chi connectivity index (χ0n) is 15.8. The van der Waals surface area contributed by atoms with Crippen molar-refractivity contribution in [2.45, 2.75) is 33.4 Å².